The number of aryl methyl sites for hydroxylation is 1. The van der Waals surface area contributed by atoms with E-state index in [0.717, 1.165) is 27.4 Å². The summed E-state index contributed by atoms with van der Waals surface area (Å²) in [6.45, 7) is 4.10. The second-order valence-corrected chi connectivity index (χ2v) is 5.14. The molecule has 1 N–H and O–H groups in total. The Balaban J connectivity index is 3.02. The fraction of sp³-hybridized carbons (Fsp3) is 0.455. The molecule has 78 valence electrons. The fourth-order valence-electron chi connectivity index (χ4n) is 1.35. The van der Waals surface area contributed by atoms with E-state index in [2.05, 4.69) is 38.8 Å². The molecule has 0 saturated carbocycles. The normalized spacial score (nSPS) is 12.9. The van der Waals surface area contributed by atoms with E-state index < -0.39 is 0 Å². The molecular formula is C11H14Br2O. The van der Waals surface area contributed by atoms with Crippen LogP contribution in [0.5, 0.6) is 0 Å². The van der Waals surface area contributed by atoms with Crippen molar-refractivity contribution in [1.29, 1.82) is 0 Å². The molecule has 0 aliphatic carbocycles. The number of hydrogen-bond acceptors (Lipinski definition) is 1. The molecule has 0 aromatic heterocycles. The van der Waals surface area contributed by atoms with Crippen LogP contribution in [-0.2, 0) is 0 Å². The van der Waals surface area contributed by atoms with Crippen LogP contribution in [0.3, 0.4) is 0 Å². The Bertz CT molecular complexity index is 323. The second kappa shape index (κ2) is 5.29. The average Bonchev–Trinajstić information content (AvgIpc) is 2.11. The first kappa shape index (κ1) is 12.2. The smallest absolute Gasteiger partial charge is 0.0801 e. The van der Waals surface area contributed by atoms with Gasteiger partial charge in [-0.25, -0.2) is 0 Å². The maximum absolute atomic E-state index is 9.87. The maximum atomic E-state index is 9.87. The summed E-state index contributed by atoms with van der Waals surface area (Å²) in [5.74, 6) is 0. The molecule has 1 atom stereocenters. The highest BCUT2D eigenvalue weighted by atomic mass is 79.9. The van der Waals surface area contributed by atoms with Crippen molar-refractivity contribution in [3.05, 3.63) is 32.2 Å². The minimum atomic E-state index is -0.369. The van der Waals surface area contributed by atoms with Gasteiger partial charge in [-0.1, -0.05) is 45.2 Å². The highest BCUT2D eigenvalue weighted by molar-refractivity contribution is 9.11. The van der Waals surface area contributed by atoms with E-state index in [1.807, 2.05) is 19.1 Å². The van der Waals surface area contributed by atoms with Gasteiger partial charge in [0.2, 0.25) is 0 Å². The Hall–Kier alpha value is 0.140. The van der Waals surface area contributed by atoms with Gasteiger partial charge in [0.25, 0.3) is 0 Å². The predicted molar refractivity (Wildman–Crippen MR) is 66.4 cm³/mol. The molecule has 0 spiro atoms. The van der Waals surface area contributed by atoms with E-state index in [1.165, 1.54) is 5.56 Å². The maximum Gasteiger partial charge on any atom is 0.0801 e. The summed E-state index contributed by atoms with van der Waals surface area (Å²) in [5, 5.41) is 9.87. The van der Waals surface area contributed by atoms with Crippen LogP contribution in [0.4, 0.5) is 0 Å². The third kappa shape index (κ3) is 2.81. The van der Waals surface area contributed by atoms with Crippen molar-refractivity contribution in [3.63, 3.8) is 0 Å². The first-order valence-electron chi connectivity index (χ1n) is 4.69. The van der Waals surface area contributed by atoms with Crippen molar-refractivity contribution >= 4 is 31.9 Å². The van der Waals surface area contributed by atoms with Gasteiger partial charge in [0.1, 0.15) is 0 Å². The minimum absolute atomic E-state index is 0.369. The SMILES string of the molecule is CCCC(O)c1cc(Br)c(C)cc1Br. The molecule has 1 aromatic carbocycles. The Morgan fingerprint density at radius 3 is 2.50 bits per heavy atom. The van der Waals surface area contributed by atoms with Gasteiger partial charge in [0, 0.05) is 8.95 Å². The molecule has 1 rings (SSSR count). The highest BCUT2D eigenvalue weighted by Gasteiger charge is 2.11. The van der Waals surface area contributed by atoms with Gasteiger partial charge in [-0.2, -0.15) is 0 Å². The zero-order valence-corrected chi connectivity index (χ0v) is 11.5. The molecule has 0 heterocycles. The topological polar surface area (TPSA) is 20.2 Å². The zero-order valence-electron chi connectivity index (χ0n) is 8.35. The van der Waals surface area contributed by atoms with E-state index in [9.17, 15) is 5.11 Å². The van der Waals surface area contributed by atoms with E-state index in [-0.39, 0.29) is 6.10 Å². The van der Waals surface area contributed by atoms with Crippen molar-refractivity contribution in [2.75, 3.05) is 0 Å². The molecule has 0 fully saturated rings. The molecule has 1 aromatic rings. The molecular weight excluding hydrogens is 308 g/mol. The lowest BCUT2D eigenvalue weighted by atomic mass is 10.0. The summed E-state index contributed by atoms with van der Waals surface area (Å²) in [6.07, 6.45) is 1.42. The molecule has 0 saturated heterocycles. The number of rotatable bonds is 3. The Morgan fingerprint density at radius 1 is 1.29 bits per heavy atom. The predicted octanol–water partition coefficient (Wildman–Crippen LogP) is 4.35. The van der Waals surface area contributed by atoms with Crippen LogP contribution in [0.15, 0.2) is 21.1 Å². The highest BCUT2D eigenvalue weighted by Crippen LogP contribution is 2.31. The van der Waals surface area contributed by atoms with E-state index >= 15 is 0 Å². The summed E-state index contributed by atoms with van der Waals surface area (Å²) in [6, 6.07) is 4.01. The van der Waals surface area contributed by atoms with E-state index in [1.54, 1.807) is 0 Å². The Morgan fingerprint density at radius 2 is 1.93 bits per heavy atom. The lowest BCUT2D eigenvalue weighted by molar-refractivity contribution is 0.165. The van der Waals surface area contributed by atoms with Crippen LogP contribution in [0.25, 0.3) is 0 Å². The third-order valence-electron chi connectivity index (χ3n) is 2.20. The summed E-state index contributed by atoms with van der Waals surface area (Å²) in [5.41, 5.74) is 2.13. The first-order chi connectivity index (χ1) is 6.56. The fourth-order valence-corrected chi connectivity index (χ4v) is 2.43. The van der Waals surface area contributed by atoms with E-state index in [4.69, 9.17) is 0 Å². The van der Waals surface area contributed by atoms with Gasteiger partial charge >= 0.3 is 0 Å². The van der Waals surface area contributed by atoms with Gasteiger partial charge in [-0.3, -0.25) is 0 Å². The van der Waals surface area contributed by atoms with Crippen LogP contribution in [0, 0.1) is 6.92 Å². The Labute approximate surface area is 102 Å². The molecule has 0 radical (unpaired) electrons. The summed E-state index contributed by atoms with van der Waals surface area (Å²) in [4.78, 5) is 0. The first-order valence-corrected chi connectivity index (χ1v) is 6.28. The van der Waals surface area contributed by atoms with Crippen molar-refractivity contribution in [3.8, 4) is 0 Å². The molecule has 1 nitrogen and oxygen atoms in total. The lowest BCUT2D eigenvalue weighted by Crippen LogP contribution is -1.98. The van der Waals surface area contributed by atoms with Gasteiger partial charge in [0.05, 0.1) is 6.10 Å². The van der Waals surface area contributed by atoms with Crippen LogP contribution >= 0.6 is 31.9 Å². The molecule has 0 bridgehead atoms. The monoisotopic (exact) mass is 320 g/mol. The second-order valence-electron chi connectivity index (χ2n) is 3.43. The van der Waals surface area contributed by atoms with Gasteiger partial charge in [-0.15, -0.1) is 0 Å². The van der Waals surface area contributed by atoms with Crippen LogP contribution in [-0.4, -0.2) is 5.11 Å². The molecule has 0 amide bonds. The third-order valence-corrected chi connectivity index (χ3v) is 3.74. The molecule has 3 heteroatoms. The average molecular weight is 322 g/mol. The van der Waals surface area contributed by atoms with Crippen molar-refractivity contribution in [2.24, 2.45) is 0 Å². The molecule has 0 aliphatic rings. The number of aliphatic hydroxyl groups is 1. The lowest BCUT2D eigenvalue weighted by Gasteiger charge is -2.13. The largest absolute Gasteiger partial charge is 0.388 e. The van der Waals surface area contributed by atoms with Gasteiger partial charge in [0.15, 0.2) is 0 Å². The molecule has 1 unspecified atom stereocenters. The quantitative estimate of drug-likeness (QED) is 0.877. The number of hydrogen-bond donors (Lipinski definition) is 1. The standard InChI is InChI=1S/C11H14Br2O/c1-3-4-11(14)8-6-9(12)7(2)5-10(8)13/h5-6,11,14H,3-4H2,1-2H3. The summed E-state index contributed by atoms with van der Waals surface area (Å²) >= 11 is 6.94. The van der Waals surface area contributed by atoms with Crippen molar-refractivity contribution in [2.45, 2.75) is 32.8 Å². The van der Waals surface area contributed by atoms with Crippen molar-refractivity contribution < 1.29 is 5.11 Å². The number of halogens is 2. The van der Waals surface area contributed by atoms with Crippen LogP contribution < -0.4 is 0 Å². The molecule has 14 heavy (non-hydrogen) atoms. The van der Waals surface area contributed by atoms with E-state index in [0.29, 0.717) is 0 Å². The Kier molecular flexibility index (Phi) is 4.61. The zero-order chi connectivity index (χ0) is 10.7. The van der Waals surface area contributed by atoms with Crippen molar-refractivity contribution in [1.82, 2.24) is 0 Å². The summed E-state index contributed by atoms with van der Waals surface area (Å²) < 4.78 is 2.03. The van der Waals surface area contributed by atoms with Gasteiger partial charge < -0.3 is 5.11 Å². The van der Waals surface area contributed by atoms with Crippen LogP contribution in [0.1, 0.15) is 37.0 Å². The van der Waals surface area contributed by atoms with Gasteiger partial charge in [-0.05, 0) is 36.6 Å². The van der Waals surface area contributed by atoms with Crippen LogP contribution in [0.2, 0.25) is 0 Å². The minimum Gasteiger partial charge on any atom is -0.388 e. The number of benzene rings is 1. The number of aliphatic hydroxyl groups excluding tert-OH is 1. The molecule has 0 aliphatic heterocycles. The summed E-state index contributed by atoms with van der Waals surface area (Å²) in [7, 11) is 0.